The van der Waals surface area contributed by atoms with Gasteiger partial charge in [0, 0.05) is 23.6 Å². The van der Waals surface area contributed by atoms with Crippen molar-refractivity contribution < 1.29 is 9.90 Å². The highest BCUT2D eigenvalue weighted by Gasteiger charge is 2.20. The molecule has 0 radical (unpaired) electrons. The van der Waals surface area contributed by atoms with E-state index in [2.05, 4.69) is 22.3 Å². The molecular weight excluding hydrogens is 432 g/mol. The van der Waals surface area contributed by atoms with Crippen LogP contribution in [0.2, 0.25) is 5.02 Å². The molecule has 0 saturated heterocycles. The lowest BCUT2D eigenvalue weighted by Crippen LogP contribution is -2.29. The summed E-state index contributed by atoms with van der Waals surface area (Å²) in [5.41, 5.74) is 3.19. The van der Waals surface area contributed by atoms with Crippen molar-refractivity contribution in [1.82, 2.24) is 20.1 Å². The molecule has 3 rings (SSSR count). The number of carbonyl (C=O) groups excluding carboxylic acids is 1. The molecule has 1 atom stereocenters. The Morgan fingerprint density at radius 1 is 1.29 bits per heavy atom. The first-order valence-corrected chi connectivity index (χ1v) is 11.7. The first-order valence-electron chi connectivity index (χ1n) is 10.3. The third-order valence-corrected chi connectivity index (χ3v) is 6.19. The maximum absolute atomic E-state index is 13.1. The summed E-state index contributed by atoms with van der Waals surface area (Å²) in [6.45, 7) is 4.15. The minimum atomic E-state index is -0.151. The number of aliphatic hydroxyl groups is 1. The maximum atomic E-state index is 13.1. The molecule has 0 aliphatic carbocycles. The Bertz CT molecular complexity index is 1010. The van der Waals surface area contributed by atoms with E-state index in [0.717, 1.165) is 47.0 Å². The van der Waals surface area contributed by atoms with E-state index in [4.69, 9.17) is 16.7 Å². The van der Waals surface area contributed by atoms with Crippen LogP contribution in [0.1, 0.15) is 53.8 Å². The van der Waals surface area contributed by atoms with Crippen molar-refractivity contribution >= 4 is 29.3 Å². The lowest BCUT2D eigenvalue weighted by molar-refractivity contribution is 0.0933. The molecule has 1 unspecified atom stereocenters. The van der Waals surface area contributed by atoms with Gasteiger partial charge in [0.05, 0.1) is 34.2 Å². The summed E-state index contributed by atoms with van der Waals surface area (Å²) in [6.07, 6.45) is 5.85. The van der Waals surface area contributed by atoms with E-state index in [1.165, 1.54) is 0 Å². The van der Waals surface area contributed by atoms with Gasteiger partial charge in [0.25, 0.3) is 5.91 Å². The predicted molar refractivity (Wildman–Crippen MR) is 125 cm³/mol. The van der Waals surface area contributed by atoms with Crippen molar-refractivity contribution in [2.75, 3.05) is 12.4 Å². The van der Waals surface area contributed by atoms with Gasteiger partial charge in [-0.15, -0.1) is 11.8 Å². The number of thioether (sulfide) groups is 1. The fourth-order valence-corrected chi connectivity index (χ4v) is 4.25. The molecular formula is C23H27ClN4O2S. The molecule has 2 heterocycles. The quantitative estimate of drug-likeness (QED) is 0.331. The molecule has 3 aromatic rings. The number of hydrogen-bond donors (Lipinski definition) is 2. The first-order chi connectivity index (χ1) is 15.0. The summed E-state index contributed by atoms with van der Waals surface area (Å²) in [6, 6.07) is 11.2. The number of carbonyl (C=O) groups is 1. The number of aliphatic hydroxyl groups excluding tert-OH is 1. The average Bonchev–Trinajstić information content (AvgIpc) is 3.16. The molecule has 2 aromatic heterocycles. The van der Waals surface area contributed by atoms with Gasteiger partial charge in [0.2, 0.25) is 0 Å². The number of benzene rings is 1. The standard InChI is InChI=1S/C23H27ClN4O2S/c1-3-5-21(17-10-11-25-22(14-17)31-13-4-12-29)27-23(30)20-15-26-28(16(20)2)19-8-6-18(24)7-9-19/h6-11,14-15,21,29H,3-5,12-13H2,1-2H3,(H,27,30). The van der Waals surface area contributed by atoms with Gasteiger partial charge in [-0.3, -0.25) is 4.79 Å². The van der Waals surface area contributed by atoms with Crippen LogP contribution in [0.3, 0.4) is 0 Å². The molecule has 0 saturated carbocycles. The van der Waals surface area contributed by atoms with Gasteiger partial charge in [-0.1, -0.05) is 24.9 Å². The van der Waals surface area contributed by atoms with Crippen LogP contribution in [-0.4, -0.2) is 38.1 Å². The highest BCUT2D eigenvalue weighted by atomic mass is 35.5. The molecule has 164 valence electrons. The number of halogens is 1. The van der Waals surface area contributed by atoms with Crippen LogP contribution < -0.4 is 5.32 Å². The fourth-order valence-electron chi connectivity index (χ4n) is 3.28. The molecule has 8 heteroatoms. The Balaban J connectivity index is 1.77. The summed E-state index contributed by atoms with van der Waals surface area (Å²) in [5.74, 6) is 0.656. The van der Waals surface area contributed by atoms with E-state index in [1.807, 2.05) is 31.2 Å². The third kappa shape index (κ3) is 6.09. The highest BCUT2D eigenvalue weighted by molar-refractivity contribution is 7.99. The molecule has 0 aliphatic rings. The molecule has 31 heavy (non-hydrogen) atoms. The van der Waals surface area contributed by atoms with Crippen molar-refractivity contribution in [3.05, 3.63) is 70.6 Å². The second-order valence-corrected chi connectivity index (χ2v) is 8.75. The Hall–Kier alpha value is -2.35. The minimum Gasteiger partial charge on any atom is -0.396 e. The Kier molecular flexibility index (Phi) is 8.51. The van der Waals surface area contributed by atoms with Gasteiger partial charge < -0.3 is 10.4 Å². The van der Waals surface area contributed by atoms with E-state index in [0.29, 0.717) is 10.6 Å². The van der Waals surface area contributed by atoms with Gasteiger partial charge in [-0.05, 0) is 61.7 Å². The van der Waals surface area contributed by atoms with Crippen molar-refractivity contribution in [2.45, 2.75) is 44.2 Å². The van der Waals surface area contributed by atoms with Crippen molar-refractivity contribution in [2.24, 2.45) is 0 Å². The van der Waals surface area contributed by atoms with E-state index in [1.54, 1.807) is 41.0 Å². The fraction of sp³-hybridized carbons (Fsp3) is 0.348. The van der Waals surface area contributed by atoms with Gasteiger partial charge >= 0.3 is 0 Å². The Labute approximate surface area is 192 Å². The molecule has 0 fully saturated rings. The number of aromatic nitrogens is 3. The molecule has 1 amide bonds. The van der Waals surface area contributed by atoms with Crippen LogP contribution >= 0.6 is 23.4 Å². The zero-order valence-corrected chi connectivity index (χ0v) is 19.3. The van der Waals surface area contributed by atoms with Crippen LogP contribution in [0.4, 0.5) is 0 Å². The largest absolute Gasteiger partial charge is 0.396 e. The maximum Gasteiger partial charge on any atom is 0.255 e. The molecule has 6 nitrogen and oxygen atoms in total. The predicted octanol–water partition coefficient (Wildman–Crippen LogP) is 4.97. The van der Waals surface area contributed by atoms with Gasteiger partial charge in [-0.2, -0.15) is 5.10 Å². The smallest absolute Gasteiger partial charge is 0.255 e. The molecule has 1 aromatic carbocycles. The Morgan fingerprint density at radius 3 is 2.77 bits per heavy atom. The van der Waals surface area contributed by atoms with Crippen molar-refractivity contribution in [3.63, 3.8) is 0 Å². The summed E-state index contributed by atoms with van der Waals surface area (Å²) < 4.78 is 1.74. The molecule has 0 aliphatic heterocycles. The minimum absolute atomic E-state index is 0.115. The molecule has 2 N–H and O–H groups in total. The van der Waals surface area contributed by atoms with E-state index >= 15 is 0 Å². The molecule has 0 bridgehead atoms. The zero-order valence-electron chi connectivity index (χ0n) is 17.7. The van der Waals surface area contributed by atoms with E-state index in [-0.39, 0.29) is 18.6 Å². The number of amides is 1. The number of rotatable bonds is 10. The normalized spacial score (nSPS) is 12.0. The summed E-state index contributed by atoms with van der Waals surface area (Å²) in [7, 11) is 0. The number of hydrogen-bond acceptors (Lipinski definition) is 5. The topological polar surface area (TPSA) is 80.0 Å². The Morgan fingerprint density at radius 2 is 2.06 bits per heavy atom. The van der Waals surface area contributed by atoms with Crippen molar-refractivity contribution in [3.8, 4) is 5.69 Å². The number of pyridine rings is 1. The first kappa shape index (κ1) is 23.3. The summed E-state index contributed by atoms with van der Waals surface area (Å²) in [5, 5.41) is 18.1. The SMILES string of the molecule is CCCC(NC(=O)c1cnn(-c2ccc(Cl)cc2)c1C)c1ccnc(SCCCO)c1. The number of nitrogens with zero attached hydrogens (tertiary/aromatic N) is 3. The monoisotopic (exact) mass is 458 g/mol. The lowest BCUT2D eigenvalue weighted by Gasteiger charge is -2.19. The van der Waals surface area contributed by atoms with Gasteiger partial charge in [-0.25, -0.2) is 9.67 Å². The second kappa shape index (κ2) is 11.3. The van der Waals surface area contributed by atoms with Crippen molar-refractivity contribution in [1.29, 1.82) is 0 Å². The van der Waals surface area contributed by atoms with Crippen LogP contribution in [-0.2, 0) is 0 Å². The van der Waals surface area contributed by atoms with Crippen LogP contribution in [0.25, 0.3) is 5.69 Å². The highest BCUT2D eigenvalue weighted by Crippen LogP contribution is 2.25. The van der Waals surface area contributed by atoms with E-state index < -0.39 is 0 Å². The lowest BCUT2D eigenvalue weighted by atomic mass is 10.0. The van der Waals surface area contributed by atoms with Crippen LogP contribution in [0, 0.1) is 6.92 Å². The van der Waals surface area contributed by atoms with Crippen LogP contribution in [0.5, 0.6) is 0 Å². The van der Waals surface area contributed by atoms with Gasteiger partial charge in [0.15, 0.2) is 0 Å². The third-order valence-electron chi connectivity index (χ3n) is 4.92. The number of nitrogens with one attached hydrogen (secondary N) is 1. The summed E-state index contributed by atoms with van der Waals surface area (Å²) in [4.78, 5) is 17.5. The molecule has 0 spiro atoms. The van der Waals surface area contributed by atoms with E-state index in [9.17, 15) is 4.79 Å². The zero-order chi connectivity index (χ0) is 22.2. The second-order valence-electron chi connectivity index (χ2n) is 7.20. The average molecular weight is 459 g/mol. The summed E-state index contributed by atoms with van der Waals surface area (Å²) >= 11 is 7.58. The van der Waals surface area contributed by atoms with Gasteiger partial charge in [0.1, 0.15) is 0 Å². The van der Waals surface area contributed by atoms with Crippen LogP contribution in [0.15, 0.2) is 53.8 Å².